The van der Waals surface area contributed by atoms with Gasteiger partial charge in [-0.05, 0) is 68.1 Å². The van der Waals surface area contributed by atoms with Gasteiger partial charge in [0.05, 0.1) is 5.58 Å². The minimum atomic E-state index is 0. The molecule has 0 aliphatic rings. The summed E-state index contributed by atoms with van der Waals surface area (Å²) in [6.07, 6.45) is 4.84. The van der Waals surface area contributed by atoms with Crippen LogP contribution in [0.15, 0.2) is 89.6 Å². The summed E-state index contributed by atoms with van der Waals surface area (Å²) in [6, 6.07) is 31.1. The first-order chi connectivity index (χ1) is 21.1. The molecule has 0 amide bonds. The first kappa shape index (κ1) is 32.2. The first-order valence-electron chi connectivity index (χ1n) is 15.1. The van der Waals surface area contributed by atoms with E-state index in [1.807, 2.05) is 62.6 Å². The van der Waals surface area contributed by atoms with E-state index in [0.29, 0.717) is 0 Å². The molecule has 0 aliphatic heterocycles. The van der Waals surface area contributed by atoms with Crippen molar-refractivity contribution < 1.29 is 24.5 Å². The van der Waals surface area contributed by atoms with Gasteiger partial charge in [0, 0.05) is 60.0 Å². The Morgan fingerprint density at radius 3 is 2.18 bits per heavy atom. The molecule has 1 radical (unpaired) electrons. The molecule has 229 valence electrons. The molecule has 7 aromatic rings. The second-order valence-corrected chi connectivity index (χ2v) is 12.8. The summed E-state index contributed by atoms with van der Waals surface area (Å²) >= 11 is 0. The quantitative estimate of drug-likeness (QED) is 0.168. The molecule has 5 heteroatoms. The van der Waals surface area contributed by atoms with E-state index in [1.54, 1.807) is 0 Å². The van der Waals surface area contributed by atoms with Crippen molar-refractivity contribution in [2.24, 2.45) is 5.41 Å². The maximum atomic E-state index is 6.53. The minimum absolute atomic E-state index is 0. The van der Waals surface area contributed by atoms with E-state index >= 15 is 0 Å². The van der Waals surface area contributed by atoms with Gasteiger partial charge in [0.15, 0.2) is 0 Å². The van der Waals surface area contributed by atoms with Crippen molar-refractivity contribution in [2.75, 3.05) is 0 Å². The van der Waals surface area contributed by atoms with Gasteiger partial charge < -0.3 is 14.4 Å². The van der Waals surface area contributed by atoms with Crippen LogP contribution in [0.3, 0.4) is 0 Å². The predicted octanol–water partition coefficient (Wildman–Crippen LogP) is 10.4. The number of fused-ring (bicyclic) bond motifs is 5. The Kier molecular flexibility index (Phi) is 9.34. The normalized spacial score (nSPS) is 11.4. The summed E-state index contributed by atoms with van der Waals surface area (Å²) in [4.78, 5) is 13.7. The second kappa shape index (κ2) is 13.0. The summed E-state index contributed by atoms with van der Waals surface area (Å²) in [5, 5.41) is 4.45. The van der Waals surface area contributed by atoms with Crippen LogP contribution in [0, 0.1) is 45.2 Å². The molecule has 0 aliphatic carbocycles. The van der Waals surface area contributed by atoms with Crippen LogP contribution in [0.2, 0.25) is 0 Å². The largest absolute Gasteiger partial charge is 0.500 e. The summed E-state index contributed by atoms with van der Waals surface area (Å²) in [5.41, 5.74) is 11.6. The summed E-state index contributed by atoms with van der Waals surface area (Å²) in [7, 11) is 0. The van der Waals surface area contributed by atoms with Crippen LogP contribution in [0.4, 0.5) is 0 Å². The zero-order valence-electron chi connectivity index (χ0n) is 26.9. The smallest absolute Gasteiger partial charge is 0.128 e. The van der Waals surface area contributed by atoms with E-state index < -0.39 is 0 Å². The molecule has 7 rings (SSSR count). The number of furan rings is 1. The molecule has 0 unspecified atom stereocenters. The molecule has 0 bridgehead atoms. The third kappa shape index (κ3) is 6.91. The number of benzene rings is 3. The SMILES string of the molecule is Cc1cc2c(ccc3c4cc[c-]c(-c5cc(CC(C)(C)C)c(C)cn5)c4oc23)c(C)n1.Cc1ccc(-c2[c-]cccc2)nc1.[Ir]. The molecule has 0 saturated carbocycles. The molecule has 0 N–H and O–H groups in total. The van der Waals surface area contributed by atoms with Crippen molar-refractivity contribution in [3.63, 3.8) is 0 Å². The Balaban J connectivity index is 0.000000240. The summed E-state index contributed by atoms with van der Waals surface area (Å²) < 4.78 is 6.53. The molecule has 0 saturated heterocycles. The molecule has 4 nitrogen and oxygen atoms in total. The zero-order valence-corrected chi connectivity index (χ0v) is 29.3. The van der Waals surface area contributed by atoms with E-state index in [4.69, 9.17) is 9.40 Å². The third-order valence-electron chi connectivity index (χ3n) is 7.81. The maximum absolute atomic E-state index is 6.53. The van der Waals surface area contributed by atoms with Gasteiger partial charge in [-0.15, -0.1) is 54.1 Å². The van der Waals surface area contributed by atoms with Crippen molar-refractivity contribution in [1.29, 1.82) is 0 Å². The predicted molar refractivity (Wildman–Crippen MR) is 182 cm³/mol. The number of hydrogen-bond donors (Lipinski definition) is 0. The Hall–Kier alpha value is -4.18. The number of aryl methyl sites for hydroxylation is 4. The topological polar surface area (TPSA) is 51.8 Å². The van der Waals surface area contributed by atoms with Crippen molar-refractivity contribution in [2.45, 2.75) is 54.9 Å². The number of rotatable bonds is 3. The number of aromatic nitrogens is 3. The molecule has 4 heterocycles. The molecule has 0 spiro atoms. The molecular weight excluding hydrogens is 731 g/mol. The van der Waals surface area contributed by atoms with Gasteiger partial charge in [0.1, 0.15) is 5.58 Å². The molecule has 45 heavy (non-hydrogen) atoms. The van der Waals surface area contributed by atoms with Gasteiger partial charge in [-0.25, -0.2) is 0 Å². The van der Waals surface area contributed by atoms with E-state index in [2.05, 4.69) is 93.1 Å². The van der Waals surface area contributed by atoms with Crippen molar-refractivity contribution in [3.05, 3.63) is 125 Å². The van der Waals surface area contributed by atoms with Gasteiger partial charge in [-0.3, -0.25) is 4.98 Å². The van der Waals surface area contributed by atoms with Crippen LogP contribution in [0.1, 0.15) is 48.8 Å². The van der Waals surface area contributed by atoms with Crippen LogP contribution in [-0.4, -0.2) is 15.0 Å². The van der Waals surface area contributed by atoms with Crippen LogP contribution in [0.25, 0.3) is 55.2 Å². The van der Waals surface area contributed by atoms with Crippen LogP contribution >= 0.6 is 0 Å². The number of hydrogen-bond acceptors (Lipinski definition) is 4. The van der Waals surface area contributed by atoms with E-state index in [1.165, 1.54) is 16.7 Å². The summed E-state index contributed by atoms with van der Waals surface area (Å²) in [6.45, 7) is 15.0. The average Bonchev–Trinajstić information content (AvgIpc) is 3.38. The van der Waals surface area contributed by atoms with Crippen molar-refractivity contribution in [1.82, 2.24) is 15.0 Å². The first-order valence-corrected chi connectivity index (χ1v) is 15.1. The number of nitrogens with zero attached hydrogens (tertiary/aromatic N) is 3. The zero-order chi connectivity index (χ0) is 31.0. The van der Waals surface area contributed by atoms with Crippen molar-refractivity contribution in [3.8, 4) is 22.5 Å². The monoisotopic (exact) mass is 768 g/mol. The van der Waals surface area contributed by atoms with Gasteiger partial charge >= 0.3 is 0 Å². The fourth-order valence-corrected chi connectivity index (χ4v) is 5.68. The van der Waals surface area contributed by atoms with Gasteiger partial charge in [-0.2, -0.15) is 0 Å². The Bertz CT molecular complexity index is 2110. The average molecular weight is 768 g/mol. The fraction of sp³-hybridized carbons (Fsp3) is 0.225. The van der Waals surface area contributed by atoms with Gasteiger partial charge in [-0.1, -0.05) is 67.6 Å². The Labute approximate surface area is 279 Å². The molecular formula is C40H37IrN3O-2. The van der Waals surface area contributed by atoms with E-state index in [-0.39, 0.29) is 25.5 Å². The number of pyridine rings is 3. The fourth-order valence-electron chi connectivity index (χ4n) is 5.68. The molecule has 0 atom stereocenters. The van der Waals surface area contributed by atoms with Gasteiger partial charge in [0.2, 0.25) is 0 Å². The molecule has 3 aromatic carbocycles. The Morgan fingerprint density at radius 1 is 0.711 bits per heavy atom. The van der Waals surface area contributed by atoms with Crippen LogP contribution in [-0.2, 0) is 26.5 Å². The van der Waals surface area contributed by atoms with E-state index in [0.717, 1.165) is 73.0 Å². The molecule has 4 aromatic heterocycles. The second-order valence-electron chi connectivity index (χ2n) is 12.8. The van der Waals surface area contributed by atoms with Gasteiger partial charge in [0.25, 0.3) is 0 Å². The maximum Gasteiger partial charge on any atom is 0.128 e. The minimum Gasteiger partial charge on any atom is -0.500 e. The summed E-state index contributed by atoms with van der Waals surface area (Å²) in [5.74, 6) is 0. The third-order valence-corrected chi connectivity index (χ3v) is 7.81. The standard InChI is InChI=1S/C28H27N2O.C12H10N.Ir/c1-16-15-29-25(13-19(16)14-28(4,5)6)23-9-7-8-21-22-11-10-20-18(3)30-17(2)12-24(20)27(22)31-26(21)23;1-10-7-8-12(13-9-10)11-5-3-2-4-6-11;/h7-8,10-13,15H,14H2,1-6H3;2-5,7-9H,1H3;/q2*-1;. The Morgan fingerprint density at radius 2 is 1.47 bits per heavy atom. The van der Waals surface area contributed by atoms with Crippen LogP contribution in [0.5, 0.6) is 0 Å². The van der Waals surface area contributed by atoms with Crippen molar-refractivity contribution >= 4 is 32.7 Å². The van der Waals surface area contributed by atoms with E-state index in [9.17, 15) is 0 Å². The van der Waals surface area contributed by atoms with Crippen LogP contribution < -0.4 is 0 Å². The molecule has 0 fully saturated rings.